The fourth-order valence-electron chi connectivity index (χ4n) is 2.81. The highest BCUT2D eigenvalue weighted by Crippen LogP contribution is 2.29. The SMILES string of the molecule is CC(C)CC(NC(=O)c1ccc2noc(-c3ccccc3)c2c1)C(=O)O. The van der Waals surface area contributed by atoms with Gasteiger partial charge in [0, 0.05) is 11.1 Å². The van der Waals surface area contributed by atoms with Gasteiger partial charge in [-0.05, 0) is 30.5 Å². The molecule has 0 fully saturated rings. The van der Waals surface area contributed by atoms with E-state index in [9.17, 15) is 14.7 Å². The number of benzene rings is 2. The number of carboxylic acids is 1. The Morgan fingerprint density at radius 3 is 2.54 bits per heavy atom. The van der Waals surface area contributed by atoms with Crippen LogP contribution in [0.2, 0.25) is 0 Å². The summed E-state index contributed by atoms with van der Waals surface area (Å²) in [5.74, 6) is -0.739. The molecule has 1 unspecified atom stereocenters. The first kappa shape index (κ1) is 17.7. The minimum atomic E-state index is -1.04. The van der Waals surface area contributed by atoms with Gasteiger partial charge in [0.15, 0.2) is 5.76 Å². The first-order valence-electron chi connectivity index (χ1n) is 8.44. The molecule has 0 aliphatic rings. The van der Waals surface area contributed by atoms with Gasteiger partial charge in [0.1, 0.15) is 11.6 Å². The maximum absolute atomic E-state index is 12.5. The standard InChI is InChI=1S/C20H20N2O4/c1-12(2)10-17(20(24)25)21-19(23)14-8-9-16-15(11-14)18(26-22-16)13-6-4-3-5-7-13/h3-9,11-12,17H,10H2,1-2H3,(H,21,23)(H,24,25). The number of hydrogen-bond acceptors (Lipinski definition) is 4. The molecule has 0 aliphatic carbocycles. The Balaban J connectivity index is 1.91. The number of hydrogen-bond donors (Lipinski definition) is 2. The van der Waals surface area contributed by atoms with Gasteiger partial charge in [-0.25, -0.2) is 4.79 Å². The van der Waals surface area contributed by atoms with Gasteiger partial charge in [-0.1, -0.05) is 49.3 Å². The maximum atomic E-state index is 12.5. The summed E-state index contributed by atoms with van der Waals surface area (Å²) in [6.07, 6.45) is 0.367. The van der Waals surface area contributed by atoms with Gasteiger partial charge in [-0.3, -0.25) is 4.79 Å². The Bertz CT molecular complexity index is 931. The van der Waals surface area contributed by atoms with Crippen molar-refractivity contribution in [2.24, 2.45) is 5.92 Å². The van der Waals surface area contributed by atoms with Gasteiger partial charge < -0.3 is 14.9 Å². The van der Waals surface area contributed by atoms with Crippen molar-refractivity contribution < 1.29 is 19.2 Å². The molecule has 0 aliphatic heterocycles. The van der Waals surface area contributed by atoms with E-state index < -0.39 is 17.9 Å². The number of amides is 1. The third kappa shape index (κ3) is 3.74. The number of aromatic nitrogens is 1. The predicted octanol–water partition coefficient (Wildman–Crippen LogP) is 3.72. The lowest BCUT2D eigenvalue weighted by atomic mass is 10.0. The first-order valence-corrected chi connectivity index (χ1v) is 8.44. The van der Waals surface area contributed by atoms with Crippen LogP contribution in [0.25, 0.3) is 22.2 Å². The van der Waals surface area contributed by atoms with Crippen LogP contribution in [0.5, 0.6) is 0 Å². The number of nitrogens with one attached hydrogen (secondary N) is 1. The monoisotopic (exact) mass is 352 g/mol. The number of rotatable bonds is 6. The van der Waals surface area contributed by atoms with E-state index in [0.717, 1.165) is 5.56 Å². The Morgan fingerprint density at radius 2 is 1.88 bits per heavy atom. The van der Waals surface area contributed by atoms with Crippen LogP contribution in [0.3, 0.4) is 0 Å². The van der Waals surface area contributed by atoms with E-state index in [1.165, 1.54) is 0 Å². The van der Waals surface area contributed by atoms with Crippen LogP contribution >= 0.6 is 0 Å². The third-order valence-corrected chi connectivity index (χ3v) is 4.09. The molecule has 0 saturated heterocycles. The second-order valence-corrected chi connectivity index (χ2v) is 6.60. The lowest BCUT2D eigenvalue weighted by Gasteiger charge is -2.16. The van der Waals surface area contributed by atoms with E-state index in [1.54, 1.807) is 18.2 Å². The molecule has 2 N–H and O–H groups in total. The van der Waals surface area contributed by atoms with Crippen LogP contribution in [-0.2, 0) is 4.79 Å². The van der Waals surface area contributed by atoms with Crippen LogP contribution in [0.1, 0.15) is 30.6 Å². The van der Waals surface area contributed by atoms with Gasteiger partial charge in [0.25, 0.3) is 5.91 Å². The normalized spacial score (nSPS) is 12.3. The van der Waals surface area contributed by atoms with Crippen molar-refractivity contribution in [1.29, 1.82) is 0 Å². The minimum absolute atomic E-state index is 0.154. The van der Waals surface area contributed by atoms with E-state index >= 15 is 0 Å². The van der Waals surface area contributed by atoms with Crippen molar-refractivity contribution in [3.63, 3.8) is 0 Å². The highest BCUT2D eigenvalue weighted by molar-refractivity contribution is 6.02. The molecule has 3 rings (SSSR count). The van der Waals surface area contributed by atoms with Crippen molar-refractivity contribution >= 4 is 22.8 Å². The van der Waals surface area contributed by atoms with Gasteiger partial charge in [0.05, 0.1) is 5.39 Å². The number of carbonyl (C=O) groups excluding carboxylic acids is 1. The summed E-state index contributed by atoms with van der Waals surface area (Å²) < 4.78 is 5.43. The predicted molar refractivity (Wildman–Crippen MR) is 97.8 cm³/mol. The van der Waals surface area contributed by atoms with Gasteiger partial charge in [0.2, 0.25) is 0 Å². The highest BCUT2D eigenvalue weighted by atomic mass is 16.5. The molecule has 0 saturated carbocycles. The Labute approximate surface area is 150 Å². The molecular formula is C20H20N2O4. The van der Waals surface area contributed by atoms with Gasteiger partial charge in [-0.2, -0.15) is 0 Å². The molecule has 0 bridgehead atoms. The molecule has 26 heavy (non-hydrogen) atoms. The summed E-state index contributed by atoms with van der Waals surface area (Å²) in [4.78, 5) is 23.9. The molecule has 0 radical (unpaired) electrons. The summed E-state index contributed by atoms with van der Waals surface area (Å²) >= 11 is 0. The topological polar surface area (TPSA) is 92.4 Å². The molecule has 1 heterocycles. The van der Waals surface area contributed by atoms with Crippen molar-refractivity contribution in [1.82, 2.24) is 10.5 Å². The van der Waals surface area contributed by atoms with Crippen molar-refractivity contribution in [3.05, 3.63) is 54.1 Å². The molecule has 1 amide bonds. The molecular weight excluding hydrogens is 332 g/mol. The molecule has 2 aromatic carbocycles. The van der Waals surface area contributed by atoms with Gasteiger partial charge in [-0.15, -0.1) is 0 Å². The number of carboxylic acid groups (broad SMARTS) is 1. The number of aliphatic carboxylic acids is 1. The average Bonchev–Trinajstić information content (AvgIpc) is 3.04. The molecule has 6 nitrogen and oxygen atoms in total. The van der Waals surface area contributed by atoms with Gasteiger partial charge >= 0.3 is 5.97 Å². The minimum Gasteiger partial charge on any atom is -0.480 e. The van der Waals surface area contributed by atoms with Crippen LogP contribution in [0.15, 0.2) is 53.1 Å². The third-order valence-electron chi connectivity index (χ3n) is 4.09. The summed E-state index contributed by atoms with van der Waals surface area (Å²) in [6, 6.07) is 13.6. The average molecular weight is 352 g/mol. The van der Waals surface area contributed by atoms with E-state index in [1.807, 2.05) is 44.2 Å². The second-order valence-electron chi connectivity index (χ2n) is 6.60. The Hall–Kier alpha value is -3.15. The van der Waals surface area contributed by atoms with Crippen LogP contribution in [-0.4, -0.2) is 28.2 Å². The fraction of sp³-hybridized carbons (Fsp3) is 0.250. The molecule has 3 aromatic rings. The molecule has 0 spiro atoms. The molecule has 6 heteroatoms. The first-order chi connectivity index (χ1) is 12.5. The highest BCUT2D eigenvalue weighted by Gasteiger charge is 2.22. The van der Waals surface area contributed by atoms with Crippen LogP contribution in [0, 0.1) is 5.92 Å². The van der Waals surface area contributed by atoms with Crippen molar-refractivity contribution in [3.8, 4) is 11.3 Å². The zero-order valence-corrected chi connectivity index (χ0v) is 14.6. The fourth-order valence-corrected chi connectivity index (χ4v) is 2.81. The molecule has 1 aromatic heterocycles. The smallest absolute Gasteiger partial charge is 0.326 e. The Morgan fingerprint density at radius 1 is 1.15 bits per heavy atom. The number of carbonyl (C=O) groups is 2. The molecule has 134 valence electrons. The summed E-state index contributed by atoms with van der Waals surface area (Å²) in [6.45, 7) is 3.83. The molecule has 1 atom stereocenters. The zero-order valence-electron chi connectivity index (χ0n) is 14.6. The summed E-state index contributed by atoms with van der Waals surface area (Å²) in [5.41, 5.74) is 1.86. The van der Waals surface area contributed by atoms with Crippen LogP contribution in [0.4, 0.5) is 0 Å². The zero-order chi connectivity index (χ0) is 18.7. The van der Waals surface area contributed by atoms with E-state index in [4.69, 9.17) is 4.52 Å². The van der Waals surface area contributed by atoms with Crippen molar-refractivity contribution in [2.75, 3.05) is 0 Å². The van der Waals surface area contributed by atoms with E-state index in [-0.39, 0.29) is 5.92 Å². The van der Waals surface area contributed by atoms with Crippen molar-refractivity contribution in [2.45, 2.75) is 26.3 Å². The number of fused-ring (bicyclic) bond motifs is 1. The lowest BCUT2D eigenvalue weighted by Crippen LogP contribution is -2.41. The summed E-state index contributed by atoms with van der Waals surface area (Å²) in [7, 11) is 0. The quantitative estimate of drug-likeness (QED) is 0.705. The summed E-state index contributed by atoms with van der Waals surface area (Å²) in [5, 5.41) is 16.6. The second kappa shape index (κ2) is 7.39. The van der Waals surface area contributed by atoms with Crippen LogP contribution < -0.4 is 5.32 Å². The maximum Gasteiger partial charge on any atom is 0.326 e. The lowest BCUT2D eigenvalue weighted by molar-refractivity contribution is -0.139. The van der Waals surface area contributed by atoms with E-state index in [0.29, 0.717) is 28.6 Å². The number of nitrogens with zero attached hydrogens (tertiary/aromatic N) is 1. The van der Waals surface area contributed by atoms with E-state index in [2.05, 4.69) is 10.5 Å². The Kier molecular flexibility index (Phi) is 5.02. The largest absolute Gasteiger partial charge is 0.480 e.